The van der Waals surface area contributed by atoms with Crippen molar-refractivity contribution >= 4 is 11.7 Å². The lowest BCUT2D eigenvalue weighted by atomic mass is 9.96. The Morgan fingerprint density at radius 2 is 1.63 bits per heavy atom. The summed E-state index contributed by atoms with van der Waals surface area (Å²) in [5.74, 6) is 0.557. The van der Waals surface area contributed by atoms with Gasteiger partial charge in [-0.3, -0.25) is 0 Å². The van der Waals surface area contributed by atoms with Crippen LogP contribution in [0.5, 0.6) is 0 Å². The Labute approximate surface area is 160 Å². The van der Waals surface area contributed by atoms with Crippen molar-refractivity contribution in [2.75, 3.05) is 5.43 Å². The minimum Gasteiger partial charge on any atom is -0.318 e. The van der Waals surface area contributed by atoms with Crippen LogP contribution >= 0.6 is 0 Å². The van der Waals surface area contributed by atoms with Crippen LogP contribution in [0, 0.1) is 27.7 Å². The van der Waals surface area contributed by atoms with E-state index in [0.717, 1.165) is 36.4 Å². The molecule has 0 radical (unpaired) electrons. The summed E-state index contributed by atoms with van der Waals surface area (Å²) in [7, 11) is 0. The van der Waals surface area contributed by atoms with E-state index in [1.807, 2.05) is 19.9 Å². The van der Waals surface area contributed by atoms with Gasteiger partial charge in [-0.2, -0.15) is 5.10 Å². The number of nitrogens with one attached hydrogen (secondary N) is 1. The number of aromatic nitrogens is 3. The molecule has 3 aromatic rings. The summed E-state index contributed by atoms with van der Waals surface area (Å²) in [6.07, 6.45) is 3.12. The molecule has 4 rings (SSSR count). The summed E-state index contributed by atoms with van der Waals surface area (Å²) >= 11 is 0. The molecule has 0 unspecified atom stereocenters. The van der Waals surface area contributed by atoms with Gasteiger partial charge in [0.05, 0.1) is 5.71 Å². The molecule has 0 fully saturated rings. The minimum atomic E-state index is 0.557. The fourth-order valence-electron chi connectivity index (χ4n) is 3.81. The van der Waals surface area contributed by atoms with Gasteiger partial charge in [-0.05, 0) is 71.2 Å². The van der Waals surface area contributed by atoms with Crippen LogP contribution in [0.2, 0.25) is 0 Å². The Morgan fingerprint density at radius 3 is 2.33 bits per heavy atom. The van der Waals surface area contributed by atoms with Crippen LogP contribution in [0.4, 0.5) is 5.95 Å². The second-order valence-electron chi connectivity index (χ2n) is 7.32. The molecular formula is C22H25N5. The number of nitrogens with zero attached hydrogens (tertiary/aromatic N) is 4. The minimum absolute atomic E-state index is 0.557. The molecule has 0 aliphatic heterocycles. The number of hydrazone groups is 1. The van der Waals surface area contributed by atoms with E-state index in [1.165, 1.54) is 28.2 Å². The summed E-state index contributed by atoms with van der Waals surface area (Å²) in [5.41, 5.74) is 12.3. The van der Waals surface area contributed by atoms with Gasteiger partial charge < -0.3 is 4.57 Å². The summed E-state index contributed by atoms with van der Waals surface area (Å²) in [6, 6.07) is 12.9. The van der Waals surface area contributed by atoms with Gasteiger partial charge in [-0.1, -0.05) is 17.7 Å². The molecule has 0 atom stereocenters. The lowest BCUT2D eigenvalue weighted by molar-refractivity contribution is 0.778. The smallest absolute Gasteiger partial charge is 0.243 e. The zero-order valence-electron chi connectivity index (χ0n) is 16.4. The highest BCUT2D eigenvalue weighted by Gasteiger charge is 2.22. The van der Waals surface area contributed by atoms with Gasteiger partial charge in [0, 0.05) is 34.0 Å². The molecule has 0 spiro atoms. The van der Waals surface area contributed by atoms with Crippen molar-refractivity contribution in [1.29, 1.82) is 0 Å². The van der Waals surface area contributed by atoms with Crippen LogP contribution in [-0.2, 0) is 6.42 Å². The van der Waals surface area contributed by atoms with Crippen molar-refractivity contribution in [3.8, 4) is 5.69 Å². The summed E-state index contributed by atoms with van der Waals surface area (Å²) < 4.78 is 2.36. The van der Waals surface area contributed by atoms with E-state index in [4.69, 9.17) is 0 Å². The fraction of sp³-hybridized carbons (Fsp3) is 0.318. The van der Waals surface area contributed by atoms with Crippen molar-refractivity contribution in [1.82, 2.24) is 14.5 Å². The molecule has 1 aliphatic carbocycles. The fourth-order valence-corrected chi connectivity index (χ4v) is 3.81. The van der Waals surface area contributed by atoms with Crippen LogP contribution in [-0.4, -0.2) is 20.2 Å². The van der Waals surface area contributed by atoms with Crippen molar-refractivity contribution < 1.29 is 0 Å². The van der Waals surface area contributed by atoms with Gasteiger partial charge in [0.15, 0.2) is 0 Å². The van der Waals surface area contributed by atoms with E-state index in [9.17, 15) is 0 Å². The molecular weight excluding hydrogens is 334 g/mol. The standard InChI is InChI=1S/C22H25N5/c1-14-8-10-18(11-9-14)27-17(4)13-19-20(6-5-7-21(19)27)25-26-22-23-15(2)12-16(3)24-22/h8-13H,5-7H2,1-4H3,(H,23,24,26). The van der Waals surface area contributed by atoms with Crippen molar-refractivity contribution in [2.45, 2.75) is 47.0 Å². The number of hydrogen-bond donors (Lipinski definition) is 1. The van der Waals surface area contributed by atoms with Crippen molar-refractivity contribution in [2.24, 2.45) is 5.10 Å². The average Bonchev–Trinajstić information content (AvgIpc) is 2.96. The molecule has 138 valence electrons. The van der Waals surface area contributed by atoms with Crippen molar-refractivity contribution in [3.63, 3.8) is 0 Å². The number of fused-ring (bicyclic) bond motifs is 1. The number of rotatable bonds is 3. The molecule has 2 aromatic heterocycles. The monoisotopic (exact) mass is 359 g/mol. The van der Waals surface area contributed by atoms with Crippen LogP contribution in [0.25, 0.3) is 5.69 Å². The summed E-state index contributed by atoms with van der Waals surface area (Å²) in [5, 5.41) is 4.67. The zero-order chi connectivity index (χ0) is 19.0. The molecule has 5 nitrogen and oxygen atoms in total. The maximum atomic E-state index is 4.67. The van der Waals surface area contributed by atoms with Gasteiger partial charge in [0.1, 0.15) is 0 Å². The Morgan fingerprint density at radius 1 is 0.926 bits per heavy atom. The molecule has 1 aliphatic rings. The van der Waals surface area contributed by atoms with Gasteiger partial charge >= 0.3 is 0 Å². The van der Waals surface area contributed by atoms with Crippen LogP contribution < -0.4 is 5.43 Å². The normalized spacial score (nSPS) is 15.0. The molecule has 5 heteroatoms. The Balaban J connectivity index is 1.69. The number of benzene rings is 1. The predicted octanol–water partition coefficient (Wildman–Crippen LogP) is 4.65. The molecule has 0 saturated heterocycles. The topological polar surface area (TPSA) is 55.1 Å². The molecule has 2 heterocycles. The van der Waals surface area contributed by atoms with Crippen molar-refractivity contribution in [3.05, 3.63) is 70.3 Å². The summed E-state index contributed by atoms with van der Waals surface area (Å²) in [4.78, 5) is 8.84. The first-order valence-corrected chi connectivity index (χ1v) is 9.45. The van der Waals surface area contributed by atoms with E-state index in [0.29, 0.717) is 5.95 Å². The number of hydrogen-bond acceptors (Lipinski definition) is 4. The number of aryl methyl sites for hydroxylation is 4. The molecule has 1 N–H and O–H groups in total. The molecule has 1 aromatic carbocycles. The van der Waals surface area contributed by atoms with Gasteiger partial charge in [0.25, 0.3) is 0 Å². The lowest BCUT2D eigenvalue weighted by Crippen LogP contribution is -2.15. The zero-order valence-corrected chi connectivity index (χ0v) is 16.4. The quantitative estimate of drug-likeness (QED) is 0.692. The third-order valence-electron chi connectivity index (χ3n) is 4.99. The Kier molecular flexibility index (Phi) is 4.52. The SMILES string of the molecule is Cc1ccc(-n2c(C)cc3c2CCCC3=NNc2nc(C)cc(C)n2)cc1. The van der Waals surface area contributed by atoms with E-state index < -0.39 is 0 Å². The highest BCUT2D eigenvalue weighted by atomic mass is 15.4. The van der Waals surface area contributed by atoms with Crippen LogP contribution in [0.3, 0.4) is 0 Å². The second kappa shape index (κ2) is 6.99. The third kappa shape index (κ3) is 3.50. The summed E-state index contributed by atoms with van der Waals surface area (Å²) in [6.45, 7) is 8.22. The Hall–Kier alpha value is -2.95. The lowest BCUT2D eigenvalue weighted by Gasteiger charge is -2.18. The van der Waals surface area contributed by atoms with Gasteiger partial charge in [0.2, 0.25) is 5.95 Å². The first-order chi connectivity index (χ1) is 13.0. The highest BCUT2D eigenvalue weighted by molar-refractivity contribution is 6.03. The molecule has 0 bridgehead atoms. The first kappa shape index (κ1) is 17.5. The highest BCUT2D eigenvalue weighted by Crippen LogP contribution is 2.28. The maximum Gasteiger partial charge on any atom is 0.243 e. The molecule has 0 saturated carbocycles. The van der Waals surface area contributed by atoms with Gasteiger partial charge in [-0.15, -0.1) is 0 Å². The predicted molar refractivity (Wildman–Crippen MR) is 110 cm³/mol. The van der Waals surface area contributed by atoms with E-state index >= 15 is 0 Å². The maximum absolute atomic E-state index is 4.67. The first-order valence-electron chi connectivity index (χ1n) is 9.45. The van der Waals surface area contributed by atoms with Crippen LogP contribution in [0.1, 0.15) is 46.7 Å². The number of anilines is 1. The average molecular weight is 359 g/mol. The molecule has 27 heavy (non-hydrogen) atoms. The van der Waals surface area contributed by atoms with E-state index in [2.05, 4.69) is 69.2 Å². The van der Waals surface area contributed by atoms with Crippen LogP contribution in [0.15, 0.2) is 41.5 Å². The van der Waals surface area contributed by atoms with E-state index in [-0.39, 0.29) is 0 Å². The molecule has 0 amide bonds. The van der Waals surface area contributed by atoms with E-state index in [1.54, 1.807) is 0 Å². The Bertz CT molecular complexity index is 992. The largest absolute Gasteiger partial charge is 0.318 e. The second-order valence-corrected chi connectivity index (χ2v) is 7.32. The third-order valence-corrected chi connectivity index (χ3v) is 4.99. The van der Waals surface area contributed by atoms with Gasteiger partial charge in [-0.25, -0.2) is 15.4 Å².